The maximum absolute atomic E-state index is 4.47. The molecular weight excluding hydrogens is 7780 g/mol. The smallest absolute Gasteiger partial charge is 0.121 e. The molecule has 2 fully saturated rings. The maximum atomic E-state index is 4.47. The van der Waals surface area contributed by atoms with Crippen LogP contribution in [0.4, 0.5) is 0 Å². The van der Waals surface area contributed by atoms with Gasteiger partial charge in [-0.25, -0.2) is 0 Å². The molecule has 51 heteroatoms. The molecule has 0 saturated carbocycles. The van der Waals surface area contributed by atoms with Gasteiger partial charge in [-0.2, -0.15) is 15.3 Å². The van der Waals surface area contributed by atoms with Gasteiger partial charge in [0, 0.05) is 893 Å². The summed E-state index contributed by atoms with van der Waals surface area (Å²) in [5, 5.41) is 23.2. The van der Waals surface area contributed by atoms with Gasteiger partial charge in [0.1, 0.15) is 23.3 Å². The Kier molecular flexibility index (Phi) is 284. The molecule has 0 amide bonds. The van der Waals surface area contributed by atoms with Crippen LogP contribution >= 0.6 is 0 Å². The van der Waals surface area contributed by atoms with Crippen molar-refractivity contribution in [1.82, 2.24) is 68.2 Å². The first kappa shape index (κ1) is 264. The summed E-state index contributed by atoms with van der Waals surface area (Å²) in [4.78, 5) is 10.2. The van der Waals surface area contributed by atoms with E-state index in [2.05, 4.69) is 185 Å². The van der Waals surface area contributed by atoms with Crippen LogP contribution in [-0.4, -0.2) is 136 Å². The SMILES string of the molecule is C=C1C(C)=C(C)C(C)=NN1C.C=C1C(C)=C(C)N(C)C(=C)N1C.C=C1N(C)C(=C)C(C)(C)N1C.C=C1N(C)C(=C)N(C)N1C.C=c1c(C)c(C)c(=C)n1C.C=c1c2c(c(=C)n1C)CCCC2.CC.CC.CC.CC.Cc1c2c(nn1C)CCCC2.Cc1nn(C)c(C)c1C.[W].[W].[W].[W].[W].[W].[W].[W].[W].[W].[W].[W].[W].[W].[W].[W].[W].[W].[W].[W].[W].[W].[W].[W].[W].[W].[W].[W].[W].[W].[W].[W].[W].[W].[W].[W]. The Bertz CT molecular complexity index is 3550. The molecule has 0 N–H and O–H groups in total. The molecule has 0 radical (unpaired) electrons. The first-order chi connectivity index (χ1) is 43.6. The maximum Gasteiger partial charge on any atom is 0.121 e. The molecule has 2 saturated heterocycles. The van der Waals surface area contributed by atoms with Gasteiger partial charge in [-0.3, -0.25) is 24.4 Å². The van der Waals surface area contributed by atoms with Crippen molar-refractivity contribution in [2.75, 3.05) is 56.4 Å². The number of hydrazone groups is 1. The van der Waals surface area contributed by atoms with Crippen LogP contribution in [0.25, 0.3) is 26.3 Å². The molecule has 130 heavy (non-hydrogen) atoms. The van der Waals surface area contributed by atoms with Crippen molar-refractivity contribution in [1.29, 1.82) is 0 Å². The molecule has 10 rings (SSSR count). The Labute approximate surface area is 1310 Å². The van der Waals surface area contributed by atoms with Gasteiger partial charge in [-0.1, -0.05) is 128 Å². The summed E-state index contributed by atoms with van der Waals surface area (Å²) in [6.07, 6.45) is 10.2. The fourth-order valence-electron chi connectivity index (χ4n) is 10.5. The summed E-state index contributed by atoms with van der Waals surface area (Å²) in [5.74, 6) is 3.89. The van der Waals surface area contributed by atoms with Gasteiger partial charge < -0.3 is 33.6 Å². The fraction of sp³-hybridized carbons (Fsp3) is 0.532. The Balaban J connectivity index is -0.0000000197. The largest absolute Gasteiger partial charge is 0.351 e. The third-order valence-corrected chi connectivity index (χ3v) is 19.3. The number of aryl methyl sites for hydroxylation is 4. The van der Waals surface area contributed by atoms with Crippen molar-refractivity contribution in [3.8, 4) is 0 Å². The van der Waals surface area contributed by atoms with Crippen LogP contribution in [0.3, 0.4) is 0 Å². The Morgan fingerprint density at radius 1 is 0.277 bits per heavy atom. The van der Waals surface area contributed by atoms with E-state index in [-0.39, 0.29) is 764 Å². The minimum absolute atomic E-state index is 0. The van der Waals surface area contributed by atoms with Crippen molar-refractivity contribution in [2.45, 2.75) is 202 Å². The zero-order valence-electron chi connectivity index (χ0n) is 81.3. The summed E-state index contributed by atoms with van der Waals surface area (Å²) < 4.78 is 8.06. The normalized spacial score (nSPS) is 11.4. The number of likely N-dealkylation sites (N-methyl/N-ethyl adjacent to an activating group) is 4. The first-order valence-corrected chi connectivity index (χ1v) is 33.9. The predicted molar refractivity (Wildman–Crippen MR) is 415 cm³/mol. The van der Waals surface area contributed by atoms with E-state index in [1.54, 1.807) is 0 Å². The molecule has 4 aromatic rings. The van der Waals surface area contributed by atoms with Gasteiger partial charge in [-0.15, -0.1) is 0 Å². The second-order valence-electron chi connectivity index (χ2n) is 24.2. The third-order valence-electron chi connectivity index (χ3n) is 19.3. The molecule has 4 aromatic heterocycles. The van der Waals surface area contributed by atoms with Gasteiger partial charge >= 0.3 is 0 Å². The van der Waals surface area contributed by atoms with Crippen LogP contribution in [0.1, 0.15) is 186 Å². The van der Waals surface area contributed by atoms with E-state index in [9.17, 15) is 0 Å². The molecule has 6 aliphatic rings. The van der Waals surface area contributed by atoms with Crippen molar-refractivity contribution in [3.63, 3.8) is 0 Å². The van der Waals surface area contributed by atoms with Crippen molar-refractivity contribution < 1.29 is 758 Å². The van der Waals surface area contributed by atoms with Crippen molar-refractivity contribution in [3.05, 3.63) is 186 Å². The number of hydrogen-bond donors (Lipinski definition) is 0. The standard InChI is InChI=1S/C11H15N.C10H16N2.C9H14N2.C9H16N2.C9H14N2.C9H13N.C7H13N3.C7H12N2.4C2H6.36W/c1-8-10-6-4-5-7-11(10)9(2)12(8)3;1-7-8(2)11(5)10(4)12(6)9(7)3;1-7-8-5-3-4-6-9(8)10-11(7)2;1-7-9(3,4)11(6)8(2)10(7)5;1-6-7(2)9(4)11(5)10-8(6)3;1-6-7(2)9(4)10(5)8(6)3;1-6-8(3)7(2)10(5)9(6)4;1-5-6(2)8-9(4)7(5)3;4*1-2;;;;;;;;;;;;;;;;;;;;;;;;;;;;;;;;;;;;/h1-2,4-7H2,3H3;2,4H2,1,3,5-6H3;3-6H2,1-2H3;1-2H2,3-6H3;4H2,1-3,5H3;3-4H2,1-2,5H3;1-2H2,3-5H3;1-4H3;4*1-2H3;;;;;;;;;;;;;;;;;;;;;;;;;;;;;;;;;;;;. The Morgan fingerprint density at radius 3 is 0.777 bits per heavy atom. The summed E-state index contributed by atoms with van der Waals surface area (Å²) in [5.41, 5.74) is 22.5. The molecule has 0 atom stereocenters. The van der Waals surface area contributed by atoms with Gasteiger partial charge in [0.15, 0.2) is 0 Å². The van der Waals surface area contributed by atoms with Crippen LogP contribution in [0, 0.1) is 41.5 Å². The molecule has 0 bridgehead atoms. The van der Waals surface area contributed by atoms with Crippen LogP contribution in [0.2, 0.25) is 0 Å². The Hall–Kier alpha value is 17.0. The topological polar surface area (TPSA) is 83.8 Å². The van der Waals surface area contributed by atoms with Crippen molar-refractivity contribution in [2.24, 2.45) is 33.3 Å². The molecule has 0 aromatic carbocycles. The predicted octanol–water partition coefficient (Wildman–Crippen LogP) is 14.7. The van der Waals surface area contributed by atoms with Crippen LogP contribution in [0.5, 0.6) is 0 Å². The van der Waals surface area contributed by atoms with E-state index in [1.807, 2.05) is 190 Å². The van der Waals surface area contributed by atoms with E-state index in [0.29, 0.717) is 0 Å². The van der Waals surface area contributed by atoms with E-state index < -0.39 is 0 Å². The molecule has 4 aliphatic heterocycles. The summed E-state index contributed by atoms with van der Waals surface area (Å²) in [6.45, 7) is 86.7. The number of allylic oxidation sites excluding steroid dienone is 4. The van der Waals surface area contributed by atoms with E-state index >= 15 is 0 Å². The number of hydrogen-bond acceptors (Lipinski definition) is 11. The molecule has 2 aliphatic carbocycles. The molecule has 8 heterocycles. The summed E-state index contributed by atoms with van der Waals surface area (Å²) >= 11 is 0. The van der Waals surface area contributed by atoms with Crippen molar-refractivity contribution >= 4 is 32.0 Å². The minimum Gasteiger partial charge on any atom is -0.351 e. The van der Waals surface area contributed by atoms with Crippen LogP contribution in [0.15, 0.2) is 114 Å². The minimum atomic E-state index is 0. The number of aromatic nitrogens is 6. The number of fused-ring (bicyclic) bond motifs is 2. The molecular formula is C79H137N15W36. The van der Waals surface area contributed by atoms with E-state index in [0.717, 1.165) is 62.5 Å². The summed E-state index contributed by atoms with van der Waals surface area (Å²) in [7, 11) is 23.9. The first-order valence-electron chi connectivity index (χ1n) is 33.9. The molecule has 0 unspecified atom stereocenters. The zero-order chi connectivity index (χ0) is 74.2. The molecule has 15 nitrogen and oxygen atoms in total. The second-order valence-corrected chi connectivity index (χ2v) is 24.2. The molecule has 0 spiro atoms. The van der Waals surface area contributed by atoms with E-state index in [4.69, 9.17) is 0 Å². The quantitative estimate of drug-likeness (QED) is 0.170. The molecule has 744 valence electrons. The van der Waals surface area contributed by atoms with Gasteiger partial charge in [0.25, 0.3) is 0 Å². The second kappa shape index (κ2) is 140. The van der Waals surface area contributed by atoms with Gasteiger partial charge in [-0.05, 0) is 191 Å². The van der Waals surface area contributed by atoms with Gasteiger partial charge in [0.05, 0.1) is 28.3 Å². The number of hydrazine groups is 1. The van der Waals surface area contributed by atoms with Crippen LogP contribution in [-0.2, 0) is 812 Å². The number of nitrogens with zero attached hydrogens (tertiary/aromatic N) is 15. The average Bonchev–Trinajstić information content (AvgIpc) is 1.57. The fourth-order valence-corrected chi connectivity index (χ4v) is 10.5. The van der Waals surface area contributed by atoms with Gasteiger partial charge in [0.2, 0.25) is 0 Å². The third kappa shape index (κ3) is 82.4. The average molecular weight is 7920 g/mol. The Morgan fingerprint density at radius 2 is 0.562 bits per heavy atom. The zero-order valence-corrected chi connectivity index (χ0v) is 187. The number of rotatable bonds is 0. The van der Waals surface area contributed by atoms with Crippen LogP contribution < -0.4 is 21.4 Å². The van der Waals surface area contributed by atoms with E-state index in [1.165, 1.54) is 135 Å². The summed E-state index contributed by atoms with van der Waals surface area (Å²) in [6, 6.07) is 0. The monoisotopic (exact) mass is 7920 g/mol.